The highest BCUT2D eigenvalue weighted by molar-refractivity contribution is 8.18. The highest BCUT2D eigenvalue weighted by atomic mass is 35.5. The molecule has 180 valence electrons. The first-order valence-electron chi connectivity index (χ1n) is 10.0. The van der Waals surface area contributed by atoms with E-state index in [1.165, 1.54) is 61.7 Å². The Morgan fingerprint density at radius 2 is 1.77 bits per heavy atom. The van der Waals surface area contributed by atoms with E-state index >= 15 is 0 Å². The third-order valence-corrected chi connectivity index (χ3v) is 7.45. The van der Waals surface area contributed by atoms with Gasteiger partial charge in [-0.2, -0.15) is 8.42 Å². The Bertz CT molecular complexity index is 1440. The van der Waals surface area contributed by atoms with Gasteiger partial charge in [0.05, 0.1) is 18.6 Å². The monoisotopic (exact) mass is 533 g/mol. The topological polar surface area (TPSA) is 90.0 Å². The standard InChI is InChI=1S/C24H17ClFNO6S2/c1-32-18-7-9-20(10-8-18)35(30,31)33-19-4-2-3-15(11-19)12-22-23(28)27(24(29)34-22)14-16-5-6-17(26)13-21(16)25/h2-13H,14H2,1H3/b22-12-. The second-order valence-electron chi connectivity index (χ2n) is 7.29. The molecule has 0 aliphatic carbocycles. The van der Waals surface area contributed by atoms with Crippen molar-refractivity contribution in [3.8, 4) is 11.5 Å². The molecule has 0 saturated carbocycles. The lowest BCUT2D eigenvalue weighted by molar-refractivity contribution is -0.123. The first-order chi connectivity index (χ1) is 16.7. The summed E-state index contributed by atoms with van der Waals surface area (Å²) in [5.74, 6) is -0.532. The molecule has 2 amide bonds. The smallest absolute Gasteiger partial charge is 0.339 e. The van der Waals surface area contributed by atoms with Crippen LogP contribution in [0.1, 0.15) is 11.1 Å². The van der Waals surface area contributed by atoms with Gasteiger partial charge in [0.15, 0.2) is 0 Å². The van der Waals surface area contributed by atoms with Crippen LogP contribution in [-0.4, -0.2) is 31.6 Å². The Balaban J connectivity index is 1.52. The van der Waals surface area contributed by atoms with Crippen molar-refractivity contribution in [1.29, 1.82) is 0 Å². The van der Waals surface area contributed by atoms with E-state index in [1.807, 2.05) is 0 Å². The third-order valence-electron chi connectivity index (χ3n) is 4.93. The van der Waals surface area contributed by atoms with Crippen LogP contribution in [0.3, 0.4) is 0 Å². The quantitative estimate of drug-likeness (QED) is 0.293. The van der Waals surface area contributed by atoms with Gasteiger partial charge >= 0.3 is 10.1 Å². The molecule has 0 radical (unpaired) electrons. The Kier molecular flexibility index (Phi) is 7.15. The summed E-state index contributed by atoms with van der Waals surface area (Å²) in [6.07, 6.45) is 1.46. The van der Waals surface area contributed by atoms with Gasteiger partial charge in [-0.1, -0.05) is 29.8 Å². The second kappa shape index (κ2) is 10.1. The number of amides is 2. The third kappa shape index (κ3) is 5.67. The summed E-state index contributed by atoms with van der Waals surface area (Å²) >= 11 is 6.75. The summed E-state index contributed by atoms with van der Waals surface area (Å²) < 4.78 is 48.7. The van der Waals surface area contributed by atoms with Crippen LogP contribution in [0.25, 0.3) is 6.08 Å². The van der Waals surface area contributed by atoms with Crippen molar-refractivity contribution in [2.75, 3.05) is 7.11 Å². The molecule has 35 heavy (non-hydrogen) atoms. The summed E-state index contributed by atoms with van der Waals surface area (Å²) in [6, 6.07) is 15.5. The van der Waals surface area contributed by atoms with E-state index in [4.69, 9.17) is 20.5 Å². The largest absolute Gasteiger partial charge is 0.497 e. The fourth-order valence-electron chi connectivity index (χ4n) is 3.18. The van der Waals surface area contributed by atoms with Crippen molar-refractivity contribution < 1.29 is 31.3 Å². The highest BCUT2D eigenvalue weighted by Crippen LogP contribution is 2.35. The van der Waals surface area contributed by atoms with Crippen LogP contribution in [0.2, 0.25) is 5.02 Å². The zero-order chi connectivity index (χ0) is 25.2. The van der Waals surface area contributed by atoms with Crippen LogP contribution < -0.4 is 8.92 Å². The maximum Gasteiger partial charge on any atom is 0.339 e. The van der Waals surface area contributed by atoms with Gasteiger partial charge in [-0.3, -0.25) is 14.5 Å². The summed E-state index contributed by atoms with van der Waals surface area (Å²) in [7, 11) is -2.63. The minimum Gasteiger partial charge on any atom is -0.497 e. The number of benzene rings is 3. The minimum atomic E-state index is -4.10. The molecule has 0 aromatic heterocycles. The van der Waals surface area contributed by atoms with Gasteiger partial charge in [-0.25, -0.2) is 4.39 Å². The van der Waals surface area contributed by atoms with E-state index in [2.05, 4.69) is 0 Å². The molecule has 3 aromatic rings. The number of hydrogen-bond acceptors (Lipinski definition) is 7. The van der Waals surface area contributed by atoms with E-state index in [-0.39, 0.29) is 27.1 Å². The molecule has 1 heterocycles. The summed E-state index contributed by atoms with van der Waals surface area (Å²) in [4.78, 5) is 26.3. The molecule has 11 heteroatoms. The zero-order valence-corrected chi connectivity index (χ0v) is 20.5. The molecule has 0 bridgehead atoms. The predicted molar refractivity (Wildman–Crippen MR) is 130 cm³/mol. The lowest BCUT2D eigenvalue weighted by atomic mass is 10.2. The Morgan fingerprint density at radius 3 is 2.46 bits per heavy atom. The van der Waals surface area contributed by atoms with E-state index in [0.29, 0.717) is 16.9 Å². The Labute approximate surface area is 210 Å². The van der Waals surface area contributed by atoms with Crippen molar-refractivity contribution in [3.63, 3.8) is 0 Å². The number of rotatable bonds is 7. The number of nitrogens with zero attached hydrogens (tertiary/aromatic N) is 1. The molecule has 1 saturated heterocycles. The summed E-state index contributed by atoms with van der Waals surface area (Å²) in [5, 5.41) is -0.396. The van der Waals surface area contributed by atoms with Crippen molar-refractivity contribution >= 4 is 50.7 Å². The van der Waals surface area contributed by atoms with Crippen LogP contribution in [0, 0.1) is 5.82 Å². The molecule has 1 aliphatic heterocycles. The number of carbonyl (C=O) groups excluding carboxylic acids is 2. The molecule has 0 unspecified atom stereocenters. The Morgan fingerprint density at radius 1 is 1.03 bits per heavy atom. The average Bonchev–Trinajstić information content (AvgIpc) is 3.08. The molecular formula is C24H17ClFNO6S2. The van der Waals surface area contributed by atoms with Gasteiger partial charge in [0.1, 0.15) is 22.2 Å². The zero-order valence-electron chi connectivity index (χ0n) is 18.1. The van der Waals surface area contributed by atoms with Crippen LogP contribution in [-0.2, 0) is 21.5 Å². The van der Waals surface area contributed by atoms with Crippen molar-refractivity contribution in [1.82, 2.24) is 4.90 Å². The molecule has 3 aromatic carbocycles. The van der Waals surface area contributed by atoms with Gasteiger partial charge in [-0.15, -0.1) is 0 Å². The van der Waals surface area contributed by atoms with Gasteiger partial charge < -0.3 is 8.92 Å². The maximum atomic E-state index is 13.3. The normalized spacial score (nSPS) is 15.1. The summed E-state index contributed by atoms with van der Waals surface area (Å²) in [6.45, 7) is -0.107. The van der Waals surface area contributed by atoms with Crippen molar-refractivity contribution in [2.45, 2.75) is 11.4 Å². The fraction of sp³-hybridized carbons (Fsp3) is 0.0833. The van der Waals surface area contributed by atoms with E-state index in [0.717, 1.165) is 22.7 Å². The SMILES string of the molecule is COc1ccc(S(=O)(=O)Oc2cccc(/C=C3\SC(=O)N(Cc4ccc(F)cc4Cl)C3=O)c2)cc1. The minimum absolute atomic E-state index is 0.0342. The van der Waals surface area contributed by atoms with E-state index < -0.39 is 27.1 Å². The van der Waals surface area contributed by atoms with Crippen LogP contribution in [0.15, 0.2) is 76.5 Å². The lowest BCUT2D eigenvalue weighted by Gasteiger charge is -2.13. The molecule has 0 spiro atoms. The highest BCUT2D eigenvalue weighted by Gasteiger charge is 2.35. The van der Waals surface area contributed by atoms with Gasteiger partial charge in [0.2, 0.25) is 0 Å². The molecule has 4 rings (SSSR count). The molecule has 0 N–H and O–H groups in total. The second-order valence-corrected chi connectivity index (χ2v) is 10.2. The fourth-order valence-corrected chi connectivity index (χ4v) is 5.17. The number of ether oxygens (including phenoxy) is 1. The predicted octanol–water partition coefficient (Wildman–Crippen LogP) is 5.49. The number of hydrogen-bond donors (Lipinski definition) is 0. The lowest BCUT2D eigenvalue weighted by Crippen LogP contribution is -2.27. The summed E-state index contributed by atoms with van der Waals surface area (Å²) in [5.41, 5.74) is 0.883. The number of carbonyl (C=O) groups is 2. The van der Waals surface area contributed by atoms with Crippen molar-refractivity contribution in [3.05, 3.63) is 93.6 Å². The first-order valence-corrected chi connectivity index (χ1v) is 12.6. The molecular weight excluding hydrogens is 517 g/mol. The van der Waals surface area contributed by atoms with E-state index in [1.54, 1.807) is 12.1 Å². The molecule has 7 nitrogen and oxygen atoms in total. The number of imide groups is 1. The molecule has 1 aliphatic rings. The van der Waals surface area contributed by atoms with Gasteiger partial charge in [-0.05, 0) is 77.5 Å². The average molecular weight is 534 g/mol. The van der Waals surface area contributed by atoms with Gasteiger partial charge in [0, 0.05) is 5.02 Å². The molecule has 1 fully saturated rings. The molecule has 0 atom stereocenters. The number of thioether (sulfide) groups is 1. The first kappa shape index (κ1) is 24.8. The van der Waals surface area contributed by atoms with Crippen LogP contribution >= 0.6 is 23.4 Å². The number of halogens is 2. The van der Waals surface area contributed by atoms with Crippen LogP contribution in [0.4, 0.5) is 9.18 Å². The van der Waals surface area contributed by atoms with Crippen LogP contribution in [0.5, 0.6) is 11.5 Å². The number of methoxy groups -OCH3 is 1. The Hall–Kier alpha value is -3.34. The van der Waals surface area contributed by atoms with E-state index in [9.17, 15) is 22.4 Å². The maximum absolute atomic E-state index is 13.3. The van der Waals surface area contributed by atoms with Gasteiger partial charge in [0.25, 0.3) is 11.1 Å². The van der Waals surface area contributed by atoms with Crippen molar-refractivity contribution in [2.24, 2.45) is 0 Å².